The van der Waals surface area contributed by atoms with E-state index in [1.165, 1.54) is 11.3 Å². The summed E-state index contributed by atoms with van der Waals surface area (Å²) in [4.78, 5) is 16.8. The third kappa shape index (κ3) is 3.60. The topological polar surface area (TPSA) is 42.0 Å². The minimum Gasteiger partial charge on any atom is -0.321 e. The Bertz CT molecular complexity index is 830. The fraction of sp³-hybridized carbons (Fsp3) is 0. The van der Waals surface area contributed by atoms with Crippen LogP contribution < -0.4 is 5.32 Å². The molecule has 0 spiro atoms. The minimum absolute atomic E-state index is 0.170. The molecule has 0 radical (unpaired) electrons. The summed E-state index contributed by atoms with van der Waals surface area (Å²) in [6.45, 7) is 0. The van der Waals surface area contributed by atoms with Gasteiger partial charge in [-0.2, -0.15) is 0 Å². The van der Waals surface area contributed by atoms with Gasteiger partial charge in [-0.05, 0) is 30.2 Å². The van der Waals surface area contributed by atoms with Crippen molar-refractivity contribution in [2.45, 2.75) is 0 Å². The molecule has 2 aromatic carbocycles. The number of nitrogens with zero attached hydrogens (tertiary/aromatic N) is 1. The number of carbonyl (C=O) groups is 1. The maximum absolute atomic E-state index is 12.1. The zero-order chi connectivity index (χ0) is 15.2. The number of nitrogens with one attached hydrogen (secondary N) is 1. The van der Waals surface area contributed by atoms with Crippen molar-refractivity contribution in [3.05, 3.63) is 82.3 Å². The fourth-order valence-electron chi connectivity index (χ4n) is 1.80. The summed E-state index contributed by atoms with van der Waals surface area (Å²) >= 11 is 1.28. The van der Waals surface area contributed by atoms with E-state index in [0.29, 0.717) is 9.88 Å². The highest BCUT2D eigenvalue weighted by atomic mass is 32.1. The van der Waals surface area contributed by atoms with Crippen LogP contribution in [0.15, 0.2) is 66.9 Å². The highest BCUT2D eigenvalue weighted by Crippen LogP contribution is 2.15. The van der Waals surface area contributed by atoms with E-state index in [4.69, 9.17) is 0 Å². The second-order valence-corrected chi connectivity index (χ2v) is 5.50. The zero-order valence-electron chi connectivity index (χ0n) is 11.6. The molecule has 1 aromatic heterocycles. The minimum atomic E-state index is -0.170. The third-order valence-electron chi connectivity index (χ3n) is 2.85. The molecule has 0 atom stereocenters. The van der Waals surface area contributed by atoms with Crippen LogP contribution in [0.3, 0.4) is 0 Å². The van der Waals surface area contributed by atoms with Crippen molar-refractivity contribution < 1.29 is 4.79 Å². The Labute approximate surface area is 132 Å². The number of aromatic nitrogens is 1. The number of hydrogen-bond acceptors (Lipinski definition) is 3. The summed E-state index contributed by atoms with van der Waals surface area (Å²) in [5, 5.41) is 3.46. The standard InChI is InChI=1S/C18H12N2OS/c21-18(20-15-9-5-2-6-10-15)16-13-19-17(22-16)12-11-14-7-3-1-4-8-14/h1-10,13H,(H,20,21). The Morgan fingerprint density at radius 1 is 0.955 bits per heavy atom. The molecule has 0 fully saturated rings. The molecule has 1 amide bonds. The highest BCUT2D eigenvalue weighted by molar-refractivity contribution is 7.14. The molecule has 106 valence electrons. The Balaban J connectivity index is 1.71. The molecular formula is C18H12N2OS. The van der Waals surface area contributed by atoms with Gasteiger partial charge in [0.2, 0.25) is 0 Å². The Hall–Kier alpha value is -2.90. The van der Waals surface area contributed by atoms with Crippen molar-refractivity contribution in [3.63, 3.8) is 0 Å². The number of benzene rings is 2. The van der Waals surface area contributed by atoms with Gasteiger partial charge in [-0.3, -0.25) is 4.79 Å². The van der Waals surface area contributed by atoms with Crippen LogP contribution in [0.5, 0.6) is 0 Å². The number of thiazole rings is 1. The van der Waals surface area contributed by atoms with Crippen molar-refractivity contribution >= 4 is 22.9 Å². The number of rotatable bonds is 2. The van der Waals surface area contributed by atoms with Gasteiger partial charge in [-0.15, -0.1) is 11.3 Å². The van der Waals surface area contributed by atoms with Gasteiger partial charge in [0, 0.05) is 11.3 Å². The SMILES string of the molecule is O=C(Nc1ccccc1)c1cnc(C#Cc2ccccc2)s1. The summed E-state index contributed by atoms with van der Waals surface area (Å²) < 4.78 is 0. The first kappa shape index (κ1) is 14.1. The fourth-order valence-corrected chi connectivity index (χ4v) is 2.46. The summed E-state index contributed by atoms with van der Waals surface area (Å²) in [6.07, 6.45) is 1.55. The predicted molar refractivity (Wildman–Crippen MR) is 88.9 cm³/mol. The van der Waals surface area contributed by atoms with Gasteiger partial charge >= 0.3 is 0 Å². The van der Waals surface area contributed by atoms with Gasteiger partial charge in [0.15, 0.2) is 5.01 Å². The van der Waals surface area contributed by atoms with Crippen LogP contribution in [0.2, 0.25) is 0 Å². The second-order valence-electron chi connectivity index (χ2n) is 4.47. The molecule has 0 unspecified atom stereocenters. The summed E-state index contributed by atoms with van der Waals surface area (Å²) in [6, 6.07) is 19.0. The van der Waals surface area contributed by atoms with E-state index in [9.17, 15) is 4.79 Å². The van der Waals surface area contributed by atoms with Crippen LogP contribution in [-0.4, -0.2) is 10.9 Å². The largest absolute Gasteiger partial charge is 0.321 e. The van der Waals surface area contributed by atoms with Crippen molar-refractivity contribution in [1.29, 1.82) is 0 Å². The van der Waals surface area contributed by atoms with Crippen molar-refractivity contribution in [2.75, 3.05) is 5.32 Å². The van der Waals surface area contributed by atoms with Gasteiger partial charge in [0.25, 0.3) is 5.91 Å². The van der Waals surface area contributed by atoms with Crippen LogP contribution >= 0.6 is 11.3 Å². The molecule has 0 aliphatic carbocycles. The number of hydrogen-bond donors (Lipinski definition) is 1. The van der Waals surface area contributed by atoms with E-state index in [1.54, 1.807) is 6.20 Å². The molecule has 1 N–H and O–H groups in total. The second kappa shape index (κ2) is 6.70. The quantitative estimate of drug-likeness (QED) is 0.732. The lowest BCUT2D eigenvalue weighted by Crippen LogP contribution is -2.09. The van der Waals surface area contributed by atoms with E-state index in [2.05, 4.69) is 22.1 Å². The lowest BCUT2D eigenvalue weighted by Gasteiger charge is -2.01. The van der Waals surface area contributed by atoms with Crippen LogP contribution in [0.25, 0.3) is 0 Å². The third-order valence-corrected chi connectivity index (χ3v) is 3.76. The van der Waals surface area contributed by atoms with Crippen molar-refractivity contribution in [2.24, 2.45) is 0 Å². The summed E-state index contributed by atoms with van der Waals surface area (Å²) in [7, 11) is 0. The van der Waals surface area contributed by atoms with Gasteiger partial charge < -0.3 is 5.32 Å². The molecule has 1 heterocycles. The number of amides is 1. The lowest BCUT2D eigenvalue weighted by molar-refractivity contribution is 0.103. The van der Waals surface area contributed by atoms with E-state index in [-0.39, 0.29) is 5.91 Å². The molecule has 3 rings (SSSR count). The lowest BCUT2D eigenvalue weighted by atomic mass is 10.2. The normalized spacial score (nSPS) is 9.64. The first-order chi connectivity index (χ1) is 10.8. The maximum atomic E-state index is 12.1. The average molecular weight is 304 g/mol. The first-order valence-electron chi connectivity index (χ1n) is 6.70. The average Bonchev–Trinajstić information content (AvgIpc) is 3.04. The van der Waals surface area contributed by atoms with Gasteiger partial charge in [0.1, 0.15) is 4.88 Å². The highest BCUT2D eigenvalue weighted by Gasteiger charge is 2.09. The molecule has 0 saturated heterocycles. The molecule has 0 saturated carbocycles. The Morgan fingerprint density at radius 2 is 1.64 bits per heavy atom. The van der Waals surface area contributed by atoms with E-state index >= 15 is 0 Å². The Morgan fingerprint density at radius 3 is 2.36 bits per heavy atom. The van der Waals surface area contributed by atoms with E-state index in [1.807, 2.05) is 60.7 Å². The van der Waals surface area contributed by atoms with Crippen LogP contribution in [0.1, 0.15) is 20.2 Å². The van der Waals surface area contributed by atoms with Crippen LogP contribution in [0, 0.1) is 11.8 Å². The maximum Gasteiger partial charge on any atom is 0.267 e. The molecule has 3 aromatic rings. The molecule has 4 heteroatoms. The molecule has 0 aliphatic rings. The van der Waals surface area contributed by atoms with E-state index in [0.717, 1.165) is 11.3 Å². The molecule has 0 aliphatic heterocycles. The van der Waals surface area contributed by atoms with Crippen LogP contribution in [-0.2, 0) is 0 Å². The first-order valence-corrected chi connectivity index (χ1v) is 7.52. The van der Waals surface area contributed by atoms with Gasteiger partial charge in [0.05, 0.1) is 6.20 Å². The van der Waals surface area contributed by atoms with E-state index < -0.39 is 0 Å². The number of carbonyl (C=O) groups excluding carboxylic acids is 1. The smallest absolute Gasteiger partial charge is 0.267 e. The van der Waals surface area contributed by atoms with Crippen LogP contribution in [0.4, 0.5) is 5.69 Å². The van der Waals surface area contributed by atoms with Gasteiger partial charge in [-0.25, -0.2) is 4.98 Å². The zero-order valence-corrected chi connectivity index (χ0v) is 12.4. The monoisotopic (exact) mass is 304 g/mol. The van der Waals surface area contributed by atoms with Crippen molar-refractivity contribution in [1.82, 2.24) is 4.98 Å². The van der Waals surface area contributed by atoms with Crippen molar-refractivity contribution in [3.8, 4) is 11.8 Å². The summed E-state index contributed by atoms with van der Waals surface area (Å²) in [5.74, 6) is 5.84. The number of para-hydroxylation sites is 1. The molecule has 3 nitrogen and oxygen atoms in total. The van der Waals surface area contributed by atoms with Gasteiger partial charge in [-0.1, -0.05) is 42.3 Å². The summed E-state index contributed by atoms with van der Waals surface area (Å²) in [5.41, 5.74) is 1.69. The molecule has 22 heavy (non-hydrogen) atoms. The predicted octanol–water partition coefficient (Wildman–Crippen LogP) is 3.80. The Kier molecular flexibility index (Phi) is 4.28. The molecular weight excluding hydrogens is 292 g/mol. The number of anilines is 1. The molecule has 0 bridgehead atoms.